The van der Waals surface area contributed by atoms with Crippen molar-refractivity contribution in [1.82, 2.24) is 15.5 Å². The Labute approximate surface area is 220 Å². The number of piperidine rings is 1. The van der Waals surface area contributed by atoms with Crippen molar-refractivity contribution < 1.29 is 9.59 Å². The number of hydrogen-bond donors (Lipinski definition) is 2. The fraction of sp³-hybridized carbons (Fsp3) is 0.312. The Balaban J connectivity index is 1.51. The van der Waals surface area contributed by atoms with Crippen LogP contribution < -0.4 is 10.6 Å². The summed E-state index contributed by atoms with van der Waals surface area (Å²) in [7, 11) is 0. The number of hydrogen-bond acceptors (Lipinski definition) is 3. The van der Waals surface area contributed by atoms with Gasteiger partial charge in [0.1, 0.15) is 0 Å². The Morgan fingerprint density at radius 2 is 1.65 bits per heavy atom. The first-order valence-corrected chi connectivity index (χ1v) is 13.3. The van der Waals surface area contributed by atoms with Crippen LogP contribution in [0.5, 0.6) is 0 Å². The van der Waals surface area contributed by atoms with Crippen molar-refractivity contribution in [2.75, 3.05) is 32.7 Å². The van der Waals surface area contributed by atoms with Crippen molar-refractivity contribution in [3.05, 3.63) is 112 Å². The maximum atomic E-state index is 13.2. The van der Waals surface area contributed by atoms with Crippen LogP contribution in [0.4, 0.5) is 0 Å². The molecule has 1 saturated heterocycles. The summed E-state index contributed by atoms with van der Waals surface area (Å²) in [5, 5.41) is 6.62. The molecule has 0 saturated carbocycles. The minimum atomic E-state index is -0.0317. The molecular formula is C32H37N3O2. The summed E-state index contributed by atoms with van der Waals surface area (Å²) in [5.74, 6) is 0.147. The summed E-state index contributed by atoms with van der Waals surface area (Å²) in [6, 6.07) is 26.0. The van der Waals surface area contributed by atoms with Crippen LogP contribution in [0.1, 0.15) is 63.6 Å². The molecule has 0 bridgehead atoms. The summed E-state index contributed by atoms with van der Waals surface area (Å²) >= 11 is 0. The molecule has 2 amide bonds. The van der Waals surface area contributed by atoms with Gasteiger partial charge < -0.3 is 15.5 Å². The van der Waals surface area contributed by atoms with Crippen LogP contribution >= 0.6 is 0 Å². The fourth-order valence-corrected chi connectivity index (χ4v) is 4.96. The van der Waals surface area contributed by atoms with Gasteiger partial charge in [0.2, 0.25) is 0 Å². The molecule has 0 aromatic heterocycles. The van der Waals surface area contributed by atoms with Gasteiger partial charge in [0, 0.05) is 43.2 Å². The van der Waals surface area contributed by atoms with Crippen molar-refractivity contribution in [1.29, 1.82) is 0 Å². The highest BCUT2D eigenvalue weighted by Gasteiger charge is 2.25. The molecule has 1 fully saturated rings. The van der Waals surface area contributed by atoms with Gasteiger partial charge in [-0.3, -0.25) is 9.59 Å². The smallest absolute Gasteiger partial charge is 0.253 e. The molecule has 1 heterocycles. The Morgan fingerprint density at radius 1 is 0.946 bits per heavy atom. The zero-order valence-corrected chi connectivity index (χ0v) is 21.9. The average Bonchev–Trinajstić information content (AvgIpc) is 2.95. The minimum Gasteiger partial charge on any atom is -0.352 e. The van der Waals surface area contributed by atoms with Gasteiger partial charge in [0.25, 0.3) is 11.8 Å². The Bertz CT molecular complexity index is 1210. The minimum absolute atomic E-state index is 0.0317. The van der Waals surface area contributed by atoms with Crippen LogP contribution in [0.25, 0.3) is 6.08 Å². The molecule has 1 aliphatic rings. The Kier molecular flexibility index (Phi) is 9.28. The summed E-state index contributed by atoms with van der Waals surface area (Å²) in [4.78, 5) is 27.7. The zero-order chi connectivity index (χ0) is 26.0. The van der Waals surface area contributed by atoms with Gasteiger partial charge in [0.05, 0.1) is 0 Å². The largest absolute Gasteiger partial charge is 0.352 e. The number of carbonyl (C=O) groups excluding carboxylic acids is 2. The third-order valence-corrected chi connectivity index (χ3v) is 7.07. The fourth-order valence-electron chi connectivity index (χ4n) is 4.96. The van der Waals surface area contributed by atoms with E-state index in [-0.39, 0.29) is 17.7 Å². The van der Waals surface area contributed by atoms with Crippen LogP contribution in [0, 0.1) is 0 Å². The molecule has 5 heteroatoms. The van der Waals surface area contributed by atoms with E-state index in [1.165, 1.54) is 11.1 Å². The van der Waals surface area contributed by atoms with Gasteiger partial charge in [-0.25, -0.2) is 0 Å². The van der Waals surface area contributed by atoms with Gasteiger partial charge in [-0.05, 0) is 68.1 Å². The highest BCUT2D eigenvalue weighted by atomic mass is 16.2. The molecule has 192 valence electrons. The highest BCUT2D eigenvalue weighted by Crippen LogP contribution is 2.32. The lowest BCUT2D eigenvalue weighted by molar-refractivity contribution is 0.0772. The van der Waals surface area contributed by atoms with Gasteiger partial charge in [-0.2, -0.15) is 0 Å². The second-order valence-corrected chi connectivity index (χ2v) is 9.40. The standard InChI is InChI=1S/C32H37N3O2/c1-3-35(4-2)32(37)26-16-14-25(15-17-26)22-27-19-20-33-23-30(27)28-12-8-9-13-29(28)31(36)34-21-18-24-10-6-5-7-11-24/h5-17,22,30,33H,3-4,18-21,23H2,1-2H3,(H,34,36). The van der Waals surface area contributed by atoms with Crippen molar-refractivity contribution in [2.45, 2.75) is 32.6 Å². The van der Waals surface area contributed by atoms with E-state index >= 15 is 0 Å². The maximum Gasteiger partial charge on any atom is 0.253 e. The number of nitrogens with one attached hydrogen (secondary N) is 2. The van der Waals surface area contributed by atoms with Crippen LogP contribution in [0.2, 0.25) is 0 Å². The monoisotopic (exact) mass is 495 g/mol. The highest BCUT2D eigenvalue weighted by molar-refractivity contribution is 5.96. The first-order chi connectivity index (χ1) is 18.1. The lowest BCUT2D eigenvalue weighted by Gasteiger charge is -2.28. The number of carbonyl (C=O) groups is 2. The lowest BCUT2D eigenvalue weighted by atomic mass is 9.83. The zero-order valence-electron chi connectivity index (χ0n) is 21.9. The molecule has 4 rings (SSSR count). The van der Waals surface area contributed by atoms with Crippen molar-refractivity contribution in [2.24, 2.45) is 0 Å². The molecule has 1 aliphatic heterocycles. The molecule has 1 unspecified atom stereocenters. The number of nitrogens with zero attached hydrogens (tertiary/aromatic N) is 1. The average molecular weight is 496 g/mol. The number of amides is 2. The summed E-state index contributed by atoms with van der Waals surface area (Å²) < 4.78 is 0. The lowest BCUT2D eigenvalue weighted by Crippen LogP contribution is -2.33. The molecule has 3 aromatic carbocycles. The van der Waals surface area contributed by atoms with E-state index < -0.39 is 0 Å². The van der Waals surface area contributed by atoms with Crippen LogP contribution in [0.3, 0.4) is 0 Å². The second-order valence-electron chi connectivity index (χ2n) is 9.40. The predicted molar refractivity (Wildman–Crippen MR) is 151 cm³/mol. The van der Waals surface area contributed by atoms with Gasteiger partial charge in [0.15, 0.2) is 0 Å². The predicted octanol–water partition coefficient (Wildman–Crippen LogP) is 5.30. The topological polar surface area (TPSA) is 61.4 Å². The second kappa shape index (κ2) is 13.0. The number of benzene rings is 3. The van der Waals surface area contributed by atoms with Crippen LogP contribution in [0.15, 0.2) is 84.4 Å². The molecule has 3 aromatic rings. The van der Waals surface area contributed by atoms with Crippen molar-refractivity contribution in [3.8, 4) is 0 Å². The molecule has 0 spiro atoms. The molecule has 5 nitrogen and oxygen atoms in total. The maximum absolute atomic E-state index is 13.2. The van der Waals surface area contributed by atoms with E-state index in [1.54, 1.807) is 0 Å². The first-order valence-electron chi connectivity index (χ1n) is 13.3. The molecule has 2 N–H and O–H groups in total. The van der Waals surface area contributed by atoms with E-state index in [0.29, 0.717) is 25.2 Å². The third kappa shape index (κ3) is 6.75. The van der Waals surface area contributed by atoms with Crippen molar-refractivity contribution in [3.63, 3.8) is 0 Å². The summed E-state index contributed by atoms with van der Waals surface area (Å²) in [6.45, 7) is 7.70. The van der Waals surface area contributed by atoms with E-state index in [4.69, 9.17) is 0 Å². The van der Waals surface area contributed by atoms with E-state index in [1.807, 2.05) is 79.4 Å². The first kappa shape index (κ1) is 26.4. The van der Waals surface area contributed by atoms with Gasteiger partial charge >= 0.3 is 0 Å². The molecule has 0 aliphatic carbocycles. The SMILES string of the molecule is CCN(CC)C(=O)c1ccc(C=C2CCNCC2c2ccccc2C(=O)NCCc2ccccc2)cc1. The summed E-state index contributed by atoms with van der Waals surface area (Å²) in [5.41, 5.74) is 6.07. The van der Waals surface area contributed by atoms with Gasteiger partial charge in [-0.15, -0.1) is 0 Å². The number of rotatable bonds is 9. The third-order valence-electron chi connectivity index (χ3n) is 7.07. The van der Waals surface area contributed by atoms with Crippen LogP contribution in [-0.4, -0.2) is 49.4 Å². The Hall–Kier alpha value is -3.70. The van der Waals surface area contributed by atoms with Crippen LogP contribution in [-0.2, 0) is 6.42 Å². The van der Waals surface area contributed by atoms with Crippen molar-refractivity contribution >= 4 is 17.9 Å². The quantitative estimate of drug-likeness (QED) is 0.423. The summed E-state index contributed by atoms with van der Waals surface area (Å²) in [6.07, 6.45) is 3.94. The molecular weight excluding hydrogens is 458 g/mol. The van der Waals surface area contributed by atoms with E-state index in [0.717, 1.165) is 42.6 Å². The molecule has 1 atom stereocenters. The Morgan fingerprint density at radius 3 is 2.38 bits per heavy atom. The molecule has 0 radical (unpaired) electrons. The molecule has 37 heavy (non-hydrogen) atoms. The van der Waals surface area contributed by atoms with E-state index in [2.05, 4.69) is 34.9 Å². The normalized spacial score (nSPS) is 16.4. The van der Waals surface area contributed by atoms with Gasteiger partial charge in [-0.1, -0.05) is 72.3 Å². The van der Waals surface area contributed by atoms with E-state index in [9.17, 15) is 9.59 Å².